The highest BCUT2D eigenvalue weighted by molar-refractivity contribution is 7.80. The molecule has 0 spiro atoms. The maximum Gasteiger partial charge on any atom is 0.0786 e. The molecule has 0 N–H and O–H groups in total. The molecule has 21 heavy (non-hydrogen) atoms. The second-order valence-corrected chi connectivity index (χ2v) is 6.06. The van der Waals surface area contributed by atoms with Gasteiger partial charge < -0.3 is 4.90 Å². The van der Waals surface area contributed by atoms with Gasteiger partial charge >= 0.3 is 0 Å². The van der Waals surface area contributed by atoms with Gasteiger partial charge in [-0.25, -0.2) is 0 Å². The van der Waals surface area contributed by atoms with E-state index in [1.807, 2.05) is 0 Å². The molecule has 1 heterocycles. The van der Waals surface area contributed by atoms with Gasteiger partial charge in [-0.1, -0.05) is 79.8 Å². The van der Waals surface area contributed by atoms with Crippen molar-refractivity contribution in [3.63, 3.8) is 0 Å². The molecule has 3 rings (SSSR count). The Hall–Kier alpha value is -1.67. The van der Waals surface area contributed by atoms with E-state index in [0.29, 0.717) is 12.1 Å². The lowest BCUT2D eigenvalue weighted by atomic mass is 10.0. The van der Waals surface area contributed by atoms with Gasteiger partial charge in [-0.3, -0.25) is 0 Å². The number of hydrogen-bond donors (Lipinski definition) is 0. The lowest BCUT2D eigenvalue weighted by Crippen LogP contribution is -2.31. The fourth-order valence-electron chi connectivity index (χ4n) is 3.35. The van der Waals surface area contributed by atoms with E-state index >= 15 is 0 Å². The number of nitrogens with zero attached hydrogens (tertiary/aromatic N) is 1. The minimum atomic E-state index is 0.420. The summed E-state index contributed by atoms with van der Waals surface area (Å²) in [6, 6.07) is 22.4. The van der Waals surface area contributed by atoms with Gasteiger partial charge in [0, 0.05) is 0 Å². The molecule has 0 aromatic heterocycles. The summed E-state index contributed by atoms with van der Waals surface area (Å²) in [5.41, 5.74) is 2.76. The van der Waals surface area contributed by atoms with Gasteiger partial charge in [-0.05, 0) is 30.4 Å². The first kappa shape index (κ1) is 14.3. The fourth-order valence-corrected chi connectivity index (χ4v) is 3.60. The Balaban J connectivity index is 1.95. The topological polar surface area (TPSA) is 3.24 Å². The van der Waals surface area contributed by atoms with E-state index in [2.05, 4.69) is 72.5 Å². The van der Waals surface area contributed by atoms with Crippen molar-refractivity contribution in [2.24, 2.45) is 0 Å². The van der Waals surface area contributed by atoms with E-state index in [1.54, 1.807) is 0 Å². The molecule has 108 valence electrons. The molecule has 2 heteroatoms. The van der Waals surface area contributed by atoms with Gasteiger partial charge in [0.25, 0.3) is 0 Å². The minimum absolute atomic E-state index is 0.420. The van der Waals surface area contributed by atoms with Crippen molar-refractivity contribution < 1.29 is 0 Å². The van der Waals surface area contributed by atoms with Gasteiger partial charge in [0.15, 0.2) is 0 Å². The van der Waals surface area contributed by atoms with Crippen molar-refractivity contribution in [2.45, 2.75) is 38.3 Å². The van der Waals surface area contributed by atoms with Crippen LogP contribution in [0.5, 0.6) is 0 Å². The first-order valence-corrected chi connectivity index (χ1v) is 8.13. The van der Waals surface area contributed by atoms with Crippen LogP contribution in [0.3, 0.4) is 0 Å². The van der Waals surface area contributed by atoms with E-state index in [-0.39, 0.29) is 0 Å². The maximum absolute atomic E-state index is 5.70. The van der Waals surface area contributed by atoms with Crippen LogP contribution in [0.1, 0.15) is 49.4 Å². The summed E-state index contributed by atoms with van der Waals surface area (Å²) in [6.07, 6.45) is 3.27. The standard InChI is InChI=1S/C19H21NS/c1-2-19(21)20-17(15-9-5-3-6-10-15)13-14-18(20)16-11-7-4-8-12-16/h3-12,17-18H,2,13-14H2,1H3/t17-,18-/m1/s1. The van der Waals surface area contributed by atoms with Crippen LogP contribution in [0.15, 0.2) is 60.7 Å². The summed E-state index contributed by atoms with van der Waals surface area (Å²) < 4.78 is 0. The van der Waals surface area contributed by atoms with Crippen molar-refractivity contribution >= 4 is 17.2 Å². The summed E-state index contributed by atoms with van der Waals surface area (Å²) in [5.74, 6) is 0. The van der Waals surface area contributed by atoms with Crippen molar-refractivity contribution in [3.05, 3.63) is 71.8 Å². The van der Waals surface area contributed by atoms with E-state index in [0.717, 1.165) is 11.4 Å². The zero-order chi connectivity index (χ0) is 14.7. The monoisotopic (exact) mass is 295 g/mol. The van der Waals surface area contributed by atoms with Crippen LogP contribution in [0.2, 0.25) is 0 Å². The van der Waals surface area contributed by atoms with E-state index in [9.17, 15) is 0 Å². The predicted octanol–water partition coefficient (Wildman–Crippen LogP) is 5.30. The van der Waals surface area contributed by atoms with Gasteiger partial charge in [0.05, 0.1) is 17.1 Å². The molecule has 1 aliphatic heterocycles. The van der Waals surface area contributed by atoms with Crippen LogP contribution in [0.25, 0.3) is 0 Å². The minimum Gasteiger partial charge on any atom is -0.352 e. The number of benzene rings is 2. The molecule has 1 saturated heterocycles. The van der Waals surface area contributed by atoms with E-state index in [4.69, 9.17) is 12.2 Å². The summed E-state index contributed by atoms with van der Waals surface area (Å²) >= 11 is 5.70. The maximum atomic E-state index is 5.70. The molecule has 2 aromatic carbocycles. The molecule has 1 nitrogen and oxygen atoms in total. The highest BCUT2D eigenvalue weighted by Gasteiger charge is 2.35. The molecule has 0 radical (unpaired) electrons. The molecule has 1 aliphatic rings. The second-order valence-electron chi connectivity index (χ2n) is 5.58. The Morgan fingerprint density at radius 1 is 0.905 bits per heavy atom. The molecular formula is C19H21NS. The Kier molecular flexibility index (Phi) is 4.35. The second kappa shape index (κ2) is 6.40. The van der Waals surface area contributed by atoms with Crippen LogP contribution in [-0.4, -0.2) is 9.89 Å². The normalized spacial score (nSPS) is 21.5. The average Bonchev–Trinajstić information content (AvgIpc) is 3.00. The predicted molar refractivity (Wildman–Crippen MR) is 92.3 cm³/mol. The molecule has 0 bridgehead atoms. The molecule has 0 amide bonds. The fraction of sp³-hybridized carbons (Fsp3) is 0.316. The number of likely N-dealkylation sites (tertiary alicyclic amines) is 1. The molecule has 2 atom stereocenters. The number of thiocarbonyl (C=S) groups is 1. The molecule has 0 saturated carbocycles. The molecule has 1 fully saturated rings. The first-order valence-electron chi connectivity index (χ1n) is 7.72. The van der Waals surface area contributed by atoms with Gasteiger partial charge in [0.2, 0.25) is 0 Å². The van der Waals surface area contributed by atoms with Crippen molar-refractivity contribution in [1.29, 1.82) is 0 Å². The first-order chi connectivity index (χ1) is 10.3. The third-order valence-corrected chi connectivity index (χ3v) is 4.84. The lowest BCUT2D eigenvalue weighted by Gasteiger charge is -2.33. The highest BCUT2D eigenvalue weighted by atomic mass is 32.1. The summed E-state index contributed by atoms with van der Waals surface area (Å²) in [7, 11) is 0. The van der Waals surface area contributed by atoms with Crippen LogP contribution < -0.4 is 0 Å². The van der Waals surface area contributed by atoms with Crippen LogP contribution in [0, 0.1) is 0 Å². The average molecular weight is 295 g/mol. The third-order valence-electron chi connectivity index (χ3n) is 4.34. The van der Waals surface area contributed by atoms with Crippen LogP contribution >= 0.6 is 12.2 Å². The smallest absolute Gasteiger partial charge is 0.0786 e. The van der Waals surface area contributed by atoms with Crippen molar-refractivity contribution in [2.75, 3.05) is 0 Å². The molecule has 2 aromatic rings. The van der Waals surface area contributed by atoms with Crippen molar-refractivity contribution in [1.82, 2.24) is 4.90 Å². The van der Waals surface area contributed by atoms with Gasteiger partial charge in [0.1, 0.15) is 0 Å². The Morgan fingerprint density at radius 2 is 1.33 bits per heavy atom. The van der Waals surface area contributed by atoms with Crippen molar-refractivity contribution in [3.8, 4) is 0 Å². The Bertz CT molecular complexity index is 546. The van der Waals surface area contributed by atoms with Crippen LogP contribution in [-0.2, 0) is 0 Å². The molecule has 0 aliphatic carbocycles. The summed E-state index contributed by atoms with van der Waals surface area (Å²) in [6.45, 7) is 2.16. The number of rotatable bonds is 3. The van der Waals surface area contributed by atoms with Crippen LogP contribution in [0.4, 0.5) is 0 Å². The third kappa shape index (κ3) is 2.86. The largest absolute Gasteiger partial charge is 0.352 e. The Morgan fingerprint density at radius 3 is 1.71 bits per heavy atom. The quantitative estimate of drug-likeness (QED) is 0.707. The zero-order valence-corrected chi connectivity index (χ0v) is 13.2. The lowest BCUT2D eigenvalue weighted by molar-refractivity contribution is 0.323. The van der Waals surface area contributed by atoms with E-state index < -0.39 is 0 Å². The molecular weight excluding hydrogens is 274 g/mol. The van der Waals surface area contributed by atoms with Gasteiger partial charge in [-0.2, -0.15) is 0 Å². The van der Waals surface area contributed by atoms with Gasteiger partial charge in [-0.15, -0.1) is 0 Å². The van der Waals surface area contributed by atoms with E-state index in [1.165, 1.54) is 24.0 Å². The SMILES string of the molecule is CCC(=S)N1[C@@H](c2ccccc2)CC[C@@H]1c1ccccc1. The summed E-state index contributed by atoms with van der Waals surface area (Å²) in [5, 5.41) is 0. The Labute approximate surface area is 132 Å². The number of hydrogen-bond acceptors (Lipinski definition) is 1. The summed E-state index contributed by atoms with van der Waals surface area (Å²) in [4.78, 5) is 3.55. The molecule has 0 unspecified atom stereocenters. The zero-order valence-electron chi connectivity index (χ0n) is 12.4. The highest BCUT2D eigenvalue weighted by Crippen LogP contribution is 2.44.